The minimum atomic E-state index is -3.67. The van der Waals surface area contributed by atoms with Crippen molar-refractivity contribution < 1.29 is 18.3 Å². The second kappa shape index (κ2) is 6.02. The molecular weight excluding hydrogens is 292 g/mol. The molecule has 7 heteroatoms. The van der Waals surface area contributed by atoms with Gasteiger partial charge in [0.25, 0.3) is 0 Å². The van der Waals surface area contributed by atoms with Gasteiger partial charge in [0.2, 0.25) is 10.0 Å². The normalized spacial score (nSPS) is 11.3. The lowest BCUT2D eigenvalue weighted by molar-refractivity contribution is 0.370. The van der Waals surface area contributed by atoms with Crippen LogP contribution in [0.5, 0.6) is 11.5 Å². The van der Waals surface area contributed by atoms with Gasteiger partial charge in [0.15, 0.2) is 11.5 Å². The molecule has 0 aromatic heterocycles. The lowest BCUT2D eigenvalue weighted by Gasteiger charge is -2.10. The first-order valence-electron chi connectivity index (χ1n) is 6.14. The van der Waals surface area contributed by atoms with Crippen LogP contribution in [0.25, 0.3) is 0 Å². The molecule has 0 unspecified atom stereocenters. The Morgan fingerprint density at radius 3 is 2.48 bits per heavy atom. The first-order chi connectivity index (χ1) is 9.94. The molecule has 6 nitrogen and oxygen atoms in total. The molecule has 0 saturated carbocycles. The van der Waals surface area contributed by atoms with Gasteiger partial charge >= 0.3 is 0 Å². The maximum Gasteiger partial charge on any atom is 0.240 e. The summed E-state index contributed by atoms with van der Waals surface area (Å²) in [5, 5.41) is 9.92. The molecule has 2 rings (SSSR count). The molecule has 0 spiro atoms. The van der Waals surface area contributed by atoms with E-state index in [-0.39, 0.29) is 17.2 Å². The predicted molar refractivity (Wildman–Crippen MR) is 79.5 cm³/mol. The zero-order valence-corrected chi connectivity index (χ0v) is 12.2. The monoisotopic (exact) mass is 308 g/mol. The summed E-state index contributed by atoms with van der Waals surface area (Å²) in [6, 6.07) is 10.7. The fourth-order valence-electron chi connectivity index (χ4n) is 1.78. The number of para-hydroxylation sites is 1. The number of nitrogen functional groups attached to an aromatic ring is 1. The van der Waals surface area contributed by atoms with Crippen molar-refractivity contribution >= 4 is 15.7 Å². The maximum atomic E-state index is 12.1. The van der Waals surface area contributed by atoms with E-state index >= 15 is 0 Å². The van der Waals surface area contributed by atoms with E-state index in [9.17, 15) is 13.5 Å². The third-order valence-electron chi connectivity index (χ3n) is 2.95. The molecule has 112 valence electrons. The molecule has 0 aliphatic heterocycles. The van der Waals surface area contributed by atoms with Crippen molar-refractivity contribution in [2.75, 3.05) is 12.8 Å². The van der Waals surface area contributed by atoms with Crippen LogP contribution >= 0.6 is 0 Å². The zero-order valence-electron chi connectivity index (χ0n) is 11.4. The summed E-state index contributed by atoms with van der Waals surface area (Å²) < 4.78 is 31.6. The van der Waals surface area contributed by atoms with Crippen LogP contribution in [0.4, 0.5) is 5.69 Å². The molecule has 0 atom stereocenters. The molecule has 2 aromatic carbocycles. The van der Waals surface area contributed by atoms with Gasteiger partial charge in [-0.15, -0.1) is 0 Å². The highest BCUT2D eigenvalue weighted by Gasteiger charge is 2.15. The Morgan fingerprint density at radius 1 is 1.19 bits per heavy atom. The van der Waals surface area contributed by atoms with E-state index in [0.29, 0.717) is 17.0 Å². The summed E-state index contributed by atoms with van der Waals surface area (Å²) in [6.45, 7) is -0.0459. The molecule has 0 fully saturated rings. The van der Waals surface area contributed by atoms with E-state index in [0.717, 1.165) is 0 Å². The average molecular weight is 308 g/mol. The van der Waals surface area contributed by atoms with Crippen molar-refractivity contribution in [1.29, 1.82) is 0 Å². The van der Waals surface area contributed by atoms with Crippen LogP contribution in [0.15, 0.2) is 47.4 Å². The van der Waals surface area contributed by atoms with Crippen LogP contribution in [0, 0.1) is 0 Å². The summed E-state index contributed by atoms with van der Waals surface area (Å²) >= 11 is 0. The van der Waals surface area contributed by atoms with Crippen molar-refractivity contribution in [1.82, 2.24) is 4.72 Å². The fourth-order valence-corrected chi connectivity index (χ4v) is 2.78. The molecular formula is C14H16N2O4S. The Hall–Kier alpha value is -2.25. The first-order valence-corrected chi connectivity index (χ1v) is 7.62. The third-order valence-corrected chi connectivity index (χ3v) is 4.36. The Labute approximate surface area is 123 Å². The highest BCUT2D eigenvalue weighted by molar-refractivity contribution is 7.89. The van der Waals surface area contributed by atoms with Crippen LogP contribution in [0.3, 0.4) is 0 Å². The fraction of sp³-hybridized carbons (Fsp3) is 0.143. The number of sulfonamides is 1. The second-order valence-electron chi connectivity index (χ2n) is 4.36. The minimum Gasteiger partial charge on any atom is -0.504 e. The number of nitrogens with one attached hydrogen (secondary N) is 1. The SMILES string of the molecule is COc1cccc(CNS(=O)(=O)c2ccc(N)cc2)c1O. The van der Waals surface area contributed by atoms with Crippen molar-refractivity contribution in [2.45, 2.75) is 11.4 Å². The summed E-state index contributed by atoms with van der Waals surface area (Å²) in [6.07, 6.45) is 0. The molecule has 0 amide bonds. The number of hydrogen-bond donors (Lipinski definition) is 3. The molecule has 0 bridgehead atoms. The van der Waals surface area contributed by atoms with Gasteiger partial charge in [0, 0.05) is 17.8 Å². The minimum absolute atomic E-state index is 0.0459. The molecule has 0 radical (unpaired) electrons. The number of ether oxygens (including phenoxy) is 1. The van der Waals surface area contributed by atoms with E-state index < -0.39 is 10.0 Å². The van der Waals surface area contributed by atoms with Crippen molar-refractivity contribution in [3.05, 3.63) is 48.0 Å². The molecule has 0 saturated heterocycles. The lowest BCUT2D eigenvalue weighted by Crippen LogP contribution is -2.23. The summed E-state index contributed by atoms with van der Waals surface area (Å²) in [5.74, 6) is 0.208. The molecule has 21 heavy (non-hydrogen) atoms. The number of benzene rings is 2. The number of anilines is 1. The largest absolute Gasteiger partial charge is 0.504 e. The Kier molecular flexibility index (Phi) is 4.35. The molecule has 2 aromatic rings. The Morgan fingerprint density at radius 2 is 1.86 bits per heavy atom. The van der Waals surface area contributed by atoms with Gasteiger partial charge in [-0.05, 0) is 30.3 Å². The molecule has 0 aliphatic carbocycles. The smallest absolute Gasteiger partial charge is 0.240 e. The van der Waals surface area contributed by atoms with Crippen LogP contribution in [0.2, 0.25) is 0 Å². The van der Waals surface area contributed by atoms with Gasteiger partial charge in [-0.25, -0.2) is 13.1 Å². The van der Waals surface area contributed by atoms with Crippen LogP contribution in [0.1, 0.15) is 5.56 Å². The number of nitrogens with two attached hydrogens (primary N) is 1. The van der Waals surface area contributed by atoms with Crippen molar-refractivity contribution in [3.63, 3.8) is 0 Å². The van der Waals surface area contributed by atoms with E-state index in [4.69, 9.17) is 10.5 Å². The van der Waals surface area contributed by atoms with Crippen molar-refractivity contribution in [2.24, 2.45) is 0 Å². The lowest BCUT2D eigenvalue weighted by atomic mass is 10.2. The highest BCUT2D eigenvalue weighted by Crippen LogP contribution is 2.29. The first kappa shape index (κ1) is 15.1. The van der Waals surface area contributed by atoms with Gasteiger partial charge in [0.05, 0.1) is 12.0 Å². The predicted octanol–water partition coefficient (Wildman–Crippen LogP) is 1.46. The van der Waals surface area contributed by atoms with E-state index in [1.807, 2.05) is 0 Å². The van der Waals surface area contributed by atoms with Gasteiger partial charge in [0.1, 0.15) is 0 Å². The zero-order chi connectivity index (χ0) is 15.5. The van der Waals surface area contributed by atoms with Gasteiger partial charge < -0.3 is 15.6 Å². The molecule has 4 N–H and O–H groups in total. The maximum absolute atomic E-state index is 12.1. The number of methoxy groups -OCH3 is 1. The molecule has 0 heterocycles. The second-order valence-corrected chi connectivity index (χ2v) is 6.13. The Balaban J connectivity index is 2.17. The number of hydrogen-bond acceptors (Lipinski definition) is 5. The van der Waals surface area contributed by atoms with Crippen LogP contribution in [-0.4, -0.2) is 20.6 Å². The van der Waals surface area contributed by atoms with Gasteiger partial charge in [-0.1, -0.05) is 12.1 Å². The number of phenols is 1. The summed E-state index contributed by atoms with van der Waals surface area (Å²) in [7, 11) is -2.24. The summed E-state index contributed by atoms with van der Waals surface area (Å²) in [4.78, 5) is 0.110. The van der Waals surface area contributed by atoms with E-state index in [1.54, 1.807) is 18.2 Å². The van der Waals surface area contributed by atoms with Crippen molar-refractivity contribution in [3.8, 4) is 11.5 Å². The number of rotatable bonds is 5. The Bertz CT molecular complexity index is 727. The quantitative estimate of drug-likeness (QED) is 0.726. The number of aromatic hydroxyl groups is 1. The third kappa shape index (κ3) is 3.45. The number of phenolic OH excluding ortho intramolecular Hbond substituents is 1. The summed E-state index contributed by atoms with van der Waals surface area (Å²) in [5.41, 5.74) is 6.43. The van der Waals surface area contributed by atoms with Gasteiger partial charge in [-0.3, -0.25) is 0 Å². The topological polar surface area (TPSA) is 102 Å². The van der Waals surface area contributed by atoms with E-state index in [1.165, 1.54) is 31.4 Å². The standard InChI is InChI=1S/C14H16N2O4S/c1-20-13-4-2-3-10(14(13)17)9-16-21(18,19)12-7-5-11(15)6-8-12/h2-8,16-17H,9,15H2,1H3. The molecule has 0 aliphatic rings. The van der Waals surface area contributed by atoms with Crippen LogP contribution < -0.4 is 15.2 Å². The van der Waals surface area contributed by atoms with Crippen LogP contribution in [-0.2, 0) is 16.6 Å². The average Bonchev–Trinajstić information content (AvgIpc) is 2.47. The van der Waals surface area contributed by atoms with E-state index in [2.05, 4.69) is 4.72 Å². The van der Waals surface area contributed by atoms with Gasteiger partial charge in [-0.2, -0.15) is 0 Å². The highest BCUT2D eigenvalue weighted by atomic mass is 32.2.